The van der Waals surface area contributed by atoms with Crippen molar-refractivity contribution in [2.45, 2.75) is 38.5 Å². The Hall–Kier alpha value is -1.96. The Morgan fingerprint density at radius 2 is 1.84 bits per heavy atom. The Kier molecular flexibility index (Phi) is 9.67. The van der Waals surface area contributed by atoms with E-state index >= 15 is 0 Å². The number of rotatable bonds is 6. The summed E-state index contributed by atoms with van der Waals surface area (Å²) >= 11 is 0. The summed E-state index contributed by atoms with van der Waals surface area (Å²) < 4.78 is 13.4. The lowest BCUT2D eigenvalue weighted by Gasteiger charge is -2.38. The van der Waals surface area contributed by atoms with Gasteiger partial charge in [-0.25, -0.2) is 14.4 Å². The third kappa shape index (κ3) is 5.50. The lowest BCUT2D eigenvalue weighted by molar-refractivity contribution is -0.133. The van der Waals surface area contributed by atoms with Gasteiger partial charge in [0, 0.05) is 44.0 Å². The number of aromatic nitrogens is 2. The first-order valence-corrected chi connectivity index (χ1v) is 10.9. The molecule has 9 heteroatoms. The van der Waals surface area contributed by atoms with Crippen LogP contribution >= 0.6 is 24.8 Å². The number of piperazine rings is 1. The maximum atomic E-state index is 13.4. The summed E-state index contributed by atoms with van der Waals surface area (Å²) in [5.41, 5.74) is 3.31. The van der Waals surface area contributed by atoms with Gasteiger partial charge >= 0.3 is 0 Å². The summed E-state index contributed by atoms with van der Waals surface area (Å²) in [7, 11) is 0. The lowest BCUT2D eigenvalue weighted by atomic mass is 9.96. The van der Waals surface area contributed by atoms with Crippen LogP contribution in [0.4, 0.5) is 10.2 Å². The predicted octanol–water partition coefficient (Wildman–Crippen LogP) is 3.55. The minimum atomic E-state index is -0.305. The largest absolute Gasteiger partial charge is 0.353 e. The van der Waals surface area contributed by atoms with Gasteiger partial charge in [0.2, 0.25) is 5.91 Å². The molecule has 0 unspecified atom stereocenters. The first-order chi connectivity index (χ1) is 14.6. The zero-order valence-electron chi connectivity index (χ0n) is 18.6. The van der Waals surface area contributed by atoms with Crippen molar-refractivity contribution in [2.24, 2.45) is 0 Å². The molecule has 2 aliphatic rings. The average Bonchev–Trinajstić information content (AvgIpc) is 3.16. The second-order valence-electron chi connectivity index (χ2n) is 8.22. The zero-order valence-corrected chi connectivity index (χ0v) is 20.2. The number of hydrogen-bond donors (Lipinski definition) is 1. The molecule has 0 saturated carbocycles. The van der Waals surface area contributed by atoms with Gasteiger partial charge in [-0.2, -0.15) is 0 Å². The molecule has 1 aromatic carbocycles. The fourth-order valence-electron chi connectivity index (χ4n) is 4.57. The molecule has 1 aromatic heterocycles. The molecule has 1 aliphatic carbocycles. The van der Waals surface area contributed by atoms with E-state index in [1.165, 1.54) is 23.4 Å². The standard InChI is InChI=1S/C23H30FN5O.2ClH/c1-3-25-14-19(17-5-7-18(24)8-6-17)23(30)29-12-10-28(11-13-29)22-21-16(2)4-9-20(21)26-15-27-22;;/h5-8,15-16,19,25H,3-4,9-14H2,1-2H3;2*1H/t16-,19-;;/m1../s1. The van der Waals surface area contributed by atoms with Gasteiger partial charge in [-0.1, -0.05) is 26.0 Å². The molecule has 2 aromatic rings. The van der Waals surface area contributed by atoms with Gasteiger partial charge in [0.25, 0.3) is 0 Å². The summed E-state index contributed by atoms with van der Waals surface area (Å²) in [6.07, 6.45) is 3.82. The van der Waals surface area contributed by atoms with E-state index in [9.17, 15) is 9.18 Å². The van der Waals surface area contributed by atoms with Crippen molar-refractivity contribution in [3.63, 3.8) is 0 Å². The number of aryl methyl sites for hydroxylation is 1. The van der Waals surface area contributed by atoms with E-state index in [0.717, 1.165) is 43.9 Å². The normalized spacial score (nSPS) is 18.4. The van der Waals surface area contributed by atoms with Gasteiger partial charge in [0.15, 0.2) is 0 Å². The van der Waals surface area contributed by atoms with Crippen molar-refractivity contribution in [3.05, 3.63) is 53.2 Å². The Bertz CT molecular complexity index is 890. The minimum absolute atomic E-state index is 0. The highest BCUT2D eigenvalue weighted by atomic mass is 35.5. The molecule has 0 spiro atoms. The van der Waals surface area contributed by atoms with Gasteiger partial charge < -0.3 is 15.1 Å². The first-order valence-electron chi connectivity index (χ1n) is 10.9. The van der Waals surface area contributed by atoms with Crippen LogP contribution in [-0.4, -0.2) is 60.0 Å². The van der Waals surface area contributed by atoms with E-state index in [2.05, 4.69) is 27.1 Å². The van der Waals surface area contributed by atoms with Gasteiger partial charge in [0.05, 0.1) is 5.92 Å². The van der Waals surface area contributed by atoms with Crippen LogP contribution < -0.4 is 10.2 Å². The molecule has 1 N–H and O–H groups in total. The van der Waals surface area contributed by atoms with Gasteiger partial charge in [-0.15, -0.1) is 24.8 Å². The van der Waals surface area contributed by atoms with E-state index in [-0.39, 0.29) is 42.5 Å². The molecule has 1 fully saturated rings. The highest BCUT2D eigenvalue weighted by molar-refractivity contribution is 5.86. The van der Waals surface area contributed by atoms with E-state index in [4.69, 9.17) is 0 Å². The summed E-state index contributed by atoms with van der Waals surface area (Å²) in [4.78, 5) is 26.6. The fraction of sp³-hybridized carbons (Fsp3) is 0.522. The van der Waals surface area contributed by atoms with E-state index in [1.807, 2.05) is 11.8 Å². The molecule has 2 atom stereocenters. The smallest absolute Gasteiger partial charge is 0.231 e. The van der Waals surface area contributed by atoms with Crippen molar-refractivity contribution in [3.8, 4) is 0 Å². The van der Waals surface area contributed by atoms with Crippen LogP contribution in [0.3, 0.4) is 0 Å². The number of carbonyl (C=O) groups is 1. The number of carbonyl (C=O) groups excluding carboxylic acids is 1. The number of nitrogens with zero attached hydrogens (tertiary/aromatic N) is 4. The summed E-state index contributed by atoms with van der Waals surface area (Å²) in [6.45, 7) is 8.45. The molecule has 6 nitrogen and oxygen atoms in total. The molecule has 0 bridgehead atoms. The molecule has 2 heterocycles. The molecule has 176 valence electrons. The lowest BCUT2D eigenvalue weighted by Crippen LogP contribution is -2.51. The number of benzene rings is 1. The molecule has 1 aliphatic heterocycles. The first kappa shape index (κ1) is 26.3. The molecule has 4 rings (SSSR count). The van der Waals surface area contributed by atoms with Crippen LogP contribution in [0.2, 0.25) is 0 Å². The SMILES string of the molecule is CCNC[C@@H](C(=O)N1CCN(c2ncnc3c2[C@H](C)CC3)CC1)c1ccc(F)cc1.Cl.Cl. The highest BCUT2D eigenvalue weighted by Gasteiger charge is 2.31. The maximum Gasteiger partial charge on any atom is 0.231 e. The molecule has 1 saturated heterocycles. The van der Waals surface area contributed by atoms with Crippen molar-refractivity contribution in [2.75, 3.05) is 44.2 Å². The number of nitrogens with one attached hydrogen (secondary N) is 1. The van der Waals surface area contributed by atoms with Crippen LogP contribution in [0, 0.1) is 5.82 Å². The summed E-state index contributed by atoms with van der Waals surface area (Å²) in [5, 5.41) is 3.28. The van der Waals surface area contributed by atoms with E-state index < -0.39 is 0 Å². The van der Waals surface area contributed by atoms with E-state index in [1.54, 1.807) is 18.5 Å². The monoisotopic (exact) mass is 483 g/mol. The van der Waals surface area contributed by atoms with E-state index in [0.29, 0.717) is 25.6 Å². The number of likely N-dealkylation sites (N-methyl/N-ethyl adjacent to an activating group) is 1. The van der Waals surface area contributed by atoms with Crippen LogP contribution in [0.5, 0.6) is 0 Å². The zero-order chi connectivity index (χ0) is 21.1. The van der Waals surface area contributed by atoms with Crippen LogP contribution in [0.1, 0.15) is 48.9 Å². The van der Waals surface area contributed by atoms with Gasteiger partial charge in [-0.05, 0) is 43.0 Å². The van der Waals surface area contributed by atoms with Crippen LogP contribution in [0.15, 0.2) is 30.6 Å². The second-order valence-corrected chi connectivity index (χ2v) is 8.22. The number of hydrogen-bond acceptors (Lipinski definition) is 5. The molecule has 1 amide bonds. The Morgan fingerprint density at radius 3 is 2.50 bits per heavy atom. The quantitative estimate of drug-likeness (QED) is 0.680. The minimum Gasteiger partial charge on any atom is -0.353 e. The van der Waals surface area contributed by atoms with Crippen molar-refractivity contribution in [1.29, 1.82) is 0 Å². The highest BCUT2D eigenvalue weighted by Crippen LogP contribution is 2.37. The predicted molar refractivity (Wildman–Crippen MR) is 130 cm³/mol. The number of amides is 1. The van der Waals surface area contributed by atoms with Crippen molar-refractivity contribution in [1.82, 2.24) is 20.2 Å². The van der Waals surface area contributed by atoms with Gasteiger partial charge in [-0.3, -0.25) is 4.79 Å². The Labute approximate surface area is 201 Å². The molecular formula is C23H32Cl2FN5O. The molecular weight excluding hydrogens is 452 g/mol. The third-order valence-corrected chi connectivity index (χ3v) is 6.31. The topological polar surface area (TPSA) is 61.4 Å². The number of halogens is 3. The third-order valence-electron chi connectivity index (χ3n) is 6.31. The maximum absolute atomic E-state index is 13.4. The Balaban J connectivity index is 0.00000181. The molecule has 0 radical (unpaired) electrons. The fourth-order valence-corrected chi connectivity index (χ4v) is 4.57. The van der Waals surface area contributed by atoms with Crippen molar-refractivity contribution >= 4 is 36.5 Å². The number of anilines is 1. The summed E-state index contributed by atoms with van der Waals surface area (Å²) in [6, 6.07) is 6.29. The van der Waals surface area contributed by atoms with Crippen LogP contribution in [-0.2, 0) is 11.2 Å². The molecule has 32 heavy (non-hydrogen) atoms. The van der Waals surface area contributed by atoms with Gasteiger partial charge in [0.1, 0.15) is 18.0 Å². The van der Waals surface area contributed by atoms with Crippen molar-refractivity contribution < 1.29 is 9.18 Å². The second kappa shape index (κ2) is 11.8. The Morgan fingerprint density at radius 1 is 1.16 bits per heavy atom. The number of fused-ring (bicyclic) bond motifs is 1. The van der Waals surface area contributed by atoms with Crippen LogP contribution in [0.25, 0.3) is 0 Å². The summed E-state index contributed by atoms with van der Waals surface area (Å²) in [5.74, 6) is 1.04. The average molecular weight is 484 g/mol.